The molecule has 1 saturated heterocycles. The van der Waals surface area contributed by atoms with Crippen LogP contribution in [0.4, 0.5) is 0 Å². The fourth-order valence-electron chi connectivity index (χ4n) is 2.45. The second-order valence-electron chi connectivity index (χ2n) is 5.13. The van der Waals surface area contributed by atoms with E-state index in [4.69, 9.17) is 4.74 Å². The second-order valence-corrected chi connectivity index (χ2v) is 5.13. The highest BCUT2D eigenvalue weighted by Crippen LogP contribution is 2.32. The van der Waals surface area contributed by atoms with Crippen molar-refractivity contribution in [3.05, 3.63) is 35.9 Å². The maximum Gasteiger partial charge on any atom is 0.244 e. The number of carbonyl (C=O) groups is 1. The Hall–Kier alpha value is -1.39. The van der Waals surface area contributed by atoms with Crippen LogP contribution in [0, 0.1) is 0 Å². The summed E-state index contributed by atoms with van der Waals surface area (Å²) in [5.74, 6) is 0.154. The Morgan fingerprint density at radius 2 is 2.05 bits per heavy atom. The smallest absolute Gasteiger partial charge is 0.244 e. The van der Waals surface area contributed by atoms with Crippen molar-refractivity contribution in [1.29, 1.82) is 0 Å². The number of hydrogen-bond donors (Lipinski definition) is 1. The number of hydrogen-bond acceptors (Lipinski definition) is 3. The molecule has 4 heteroatoms. The van der Waals surface area contributed by atoms with Crippen LogP contribution in [0.2, 0.25) is 0 Å². The summed E-state index contributed by atoms with van der Waals surface area (Å²) in [6, 6.07) is 10.1. The molecule has 0 radical (unpaired) electrons. The van der Waals surface area contributed by atoms with Crippen LogP contribution in [0.3, 0.4) is 0 Å². The molecule has 1 aliphatic heterocycles. The summed E-state index contributed by atoms with van der Waals surface area (Å²) in [5.41, 5.74) is 0.637. The van der Waals surface area contributed by atoms with Crippen molar-refractivity contribution in [3.63, 3.8) is 0 Å². The van der Waals surface area contributed by atoms with Gasteiger partial charge in [0.05, 0.1) is 12.1 Å². The molecule has 0 saturated carbocycles. The first-order valence-electron chi connectivity index (χ1n) is 6.75. The van der Waals surface area contributed by atoms with E-state index in [0.717, 1.165) is 12.0 Å². The summed E-state index contributed by atoms with van der Waals surface area (Å²) in [7, 11) is 1.66. The highest BCUT2D eigenvalue weighted by molar-refractivity contribution is 5.88. The Morgan fingerprint density at radius 1 is 1.37 bits per heavy atom. The number of amides is 1. The van der Waals surface area contributed by atoms with E-state index in [9.17, 15) is 4.79 Å². The Balaban J connectivity index is 2.27. The summed E-state index contributed by atoms with van der Waals surface area (Å²) in [4.78, 5) is 14.4. The minimum absolute atomic E-state index is 0.0613. The largest absolute Gasteiger partial charge is 0.383 e. The zero-order chi connectivity index (χ0) is 13.9. The van der Waals surface area contributed by atoms with Crippen molar-refractivity contribution in [2.45, 2.75) is 32.0 Å². The first-order chi connectivity index (χ1) is 9.12. The predicted molar refractivity (Wildman–Crippen MR) is 74.6 cm³/mol. The van der Waals surface area contributed by atoms with Crippen LogP contribution < -0.4 is 5.32 Å². The average molecular weight is 262 g/mol. The quantitative estimate of drug-likeness (QED) is 0.881. The maximum atomic E-state index is 12.6. The van der Waals surface area contributed by atoms with Crippen LogP contribution in [-0.2, 0) is 9.53 Å². The van der Waals surface area contributed by atoms with Gasteiger partial charge in [0, 0.05) is 13.7 Å². The standard InChI is InChI=1S/C15H22N2O2/c1-4-15(2)14(18)17(10-11-19-3)13(16-15)12-8-6-5-7-9-12/h5-9,13,16H,4,10-11H2,1-3H3. The van der Waals surface area contributed by atoms with Crippen molar-refractivity contribution in [2.75, 3.05) is 20.3 Å². The van der Waals surface area contributed by atoms with Crippen LogP contribution in [0.15, 0.2) is 30.3 Å². The van der Waals surface area contributed by atoms with Crippen molar-refractivity contribution >= 4 is 5.91 Å². The number of ether oxygens (including phenoxy) is 1. The van der Waals surface area contributed by atoms with E-state index < -0.39 is 5.54 Å². The third kappa shape index (κ3) is 2.65. The molecule has 0 aliphatic carbocycles. The van der Waals surface area contributed by atoms with Gasteiger partial charge in [-0.3, -0.25) is 10.1 Å². The molecule has 4 nitrogen and oxygen atoms in total. The molecule has 0 spiro atoms. The van der Waals surface area contributed by atoms with E-state index in [0.29, 0.717) is 13.2 Å². The lowest BCUT2D eigenvalue weighted by Gasteiger charge is -2.24. The highest BCUT2D eigenvalue weighted by atomic mass is 16.5. The number of methoxy groups -OCH3 is 1. The fraction of sp³-hybridized carbons (Fsp3) is 0.533. The molecule has 1 aromatic carbocycles. The lowest BCUT2D eigenvalue weighted by Crippen LogP contribution is -2.43. The first-order valence-corrected chi connectivity index (χ1v) is 6.75. The molecule has 2 rings (SSSR count). The van der Waals surface area contributed by atoms with E-state index in [-0.39, 0.29) is 12.1 Å². The monoisotopic (exact) mass is 262 g/mol. The van der Waals surface area contributed by atoms with Crippen molar-refractivity contribution < 1.29 is 9.53 Å². The molecular weight excluding hydrogens is 240 g/mol. The zero-order valence-corrected chi connectivity index (χ0v) is 11.8. The molecule has 19 heavy (non-hydrogen) atoms. The minimum Gasteiger partial charge on any atom is -0.383 e. The van der Waals surface area contributed by atoms with Gasteiger partial charge < -0.3 is 9.64 Å². The number of rotatable bonds is 5. The molecule has 1 amide bonds. The van der Waals surface area contributed by atoms with E-state index in [1.807, 2.05) is 49.1 Å². The van der Waals surface area contributed by atoms with Crippen molar-refractivity contribution in [3.8, 4) is 0 Å². The summed E-state index contributed by atoms with van der Waals surface area (Å²) >= 11 is 0. The summed E-state index contributed by atoms with van der Waals surface area (Å²) in [5, 5.41) is 3.46. The fourth-order valence-corrected chi connectivity index (χ4v) is 2.45. The van der Waals surface area contributed by atoms with Gasteiger partial charge in [0.2, 0.25) is 5.91 Å². The van der Waals surface area contributed by atoms with Crippen LogP contribution >= 0.6 is 0 Å². The molecule has 1 fully saturated rings. The van der Waals surface area contributed by atoms with Gasteiger partial charge >= 0.3 is 0 Å². The lowest BCUT2D eigenvalue weighted by molar-refractivity contribution is -0.133. The molecule has 0 bridgehead atoms. The van der Waals surface area contributed by atoms with Gasteiger partial charge in [0.15, 0.2) is 0 Å². The Labute approximate surface area is 114 Å². The number of carbonyl (C=O) groups excluding carboxylic acids is 1. The lowest BCUT2D eigenvalue weighted by atomic mass is 9.99. The van der Waals surface area contributed by atoms with Crippen LogP contribution in [0.5, 0.6) is 0 Å². The van der Waals surface area contributed by atoms with Crippen LogP contribution in [-0.4, -0.2) is 36.6 Å². The van der Waals surface area contributed by atoms with Gasteiger partial charge in [0.25, 0.3) is 0 Å². The van der Waals surface area contributed by atoms with Crippen LogP contribution in [0.1, 0.15) is 32.0 Å². The minimum atomic E-state index is -0.478. The number of benzene rings is 1. The van der Waals surface area contributed by atoms with Gasteiger partial charge in [0.1, 0.15) is 6.17 Å². The van der Waals surface area contributed by atoms with Gasteiger partial charge in [-0.15, -0.1) is 0 Å². The molecule has 1 aromatic rings. The molecule has 2 unspecified atom stereocenters. The van der Waals surface area contributed by atoms with Gasteiger partial charge in [-0.05, 0) is 18.9 Å². The van der Waals surface area contributed by atoms with Gasteiger partial charge in [-0.25, -0.2) is 0 Å². The summed E-state index contributed by atoms with van der Waals surface area (Å²) in [6.07, 6.45) is 0.715. The maximum absolute atomic E-state index is 12.6. The highest BCUT2D eigenvalue weighted by Gasteiger charge is 2.46. The molecule has 1 N–H and O–H groups in total. The van der Waals surface area contributed by atoms with E-state index in [1.165, 1.54) is 0 Å². The molecule has 0 aromatic heterocycles. The average Bonchev–Trinajstić information content (AvgIpc) is 2.71. The Morgan fingerprint density at radius 3 is 2.63 bits per heavy atom. The Bertz CT molecular complexity index is 435. The third-order valence-electron chi connectivity index (χ3n) is 3.86. The van der Waals surface area contributed by atoms with Gasteiger partial charge in [-0.1, -0.05) is 37.3 Å². The molecule has 1 aliphatic rings. The SMILES string of the molecule is CCC1(C)NC(c2ccccc2)N(CCOC)C1=O. The molecule has 1 heterocycles. The second kappa shape index (κ2) is 5.72. The Kier molecular flexibility index (Phi) is 4.22. The van der Waals surface area contributed by atoms with Gasteiger partial charge in [-0.2, -0.15) is 0 Å². The number of nitrogens with one attached hydrogen (secondary N) is 1. The van der Waals surface area contributed by atoms with E-state index in [2.05, 4.69) is 5.32 Å². The summed E-state index contributed by atoms with van der Waals surface area (Å²) in [6.45, 7) is 5.17. The van der Waals surface area contributed by atoms with E-state index >= 15 is 0 Å². The molecule has 2 atom stereocenters. The normalized spacial score (nSPS) is 27.0. The summed E-state index contributed by atoms with van der Waals surface area (Å²) < 4.78 is 5.12. The zero-order valence-electron chi connectivity index (χ0n) is 11.8. The van der Waals surface area contributed by atoms with Crippen LogP contribution in [0.25, 0.3) is 0 Å². The topological polar surface area (TPSA) is 41.6 Å². The predicted octanol–water partition coefficient (Wildman–Crippen LogP) is 1.93. The van der Waals surface area contributed by atoms with Crippen molar-refractivity contribution in [2.24, 2.45) is 0 Å². The van der Waals surface area contributed by atoms with E-state index in [1.54, 1.807) is 7.11 Å². The van der Waals surface area contributed by atoms with Crippen molar-refractivity contribution in [1.82, 2.24) is 10.2 Å². The third-order valence-corrected chi connectivity index (χ3v) is 3.86. The molecular formula is C15H22N2O2. The number of nitrogens with zero attached hydrogens (tertiary/aromatic N) is 1. The first kappa shape index (κ1) is 14.0. The molecule has 104 valence electrons.